The average Bonchev–Trinajstić information content (AvgIpc) is 3.29. The van der Waals surface area contributed by atoms with Gasteiger partial charge in [-0.2, -0.15) is 0 Å². The lowest BCUT2D eigenvalue weighted by molar-refractivity contribution is -0.132. The first-order valence-corrected chi connectivity index (χ1v) is 11.1. The summed E-state index contributed by atoms with van der Waals surface area (Å²) in [4.78, 5) is 32.7. The van der Waals surface area contributed by atoms with Crippen LogP contribution in [-0.2, 0) is 4.79 Å². The summed E-state index contributed by atoms with van der Waals surface area (Å²) in [5, 5.41) is 2.95. The molecule has 1 aliphatic carbocycles. The predicted molar refractivity (Wildman–Crippen MR) is 117 cm³/mol. The number of nitrogens with one attached hydrogen (secondary N) is 1. The number of hydrogen-bond acceptors (Lipinski definition) is 4. The molecule has 5 rings (SSSR count). The number of carbonyl (C=O) groups excluding carboxylic acids is 2. The molecule has 1 aromatic heterocycles. The minimum Gasteiger partial charge on any atom is -0.489 e. The molecule has 2 aromatic rings. The first kappa shape index (κ1) is 19.8. The summed E-state index contributed by atoms with van der Waals surface area (Å²) in [7, 11) is 0. The number of anilines is 1. The molecule has 7 nitrogen and oxygen atoms in total. The quantitative estimate of drug-likeness (QED) is 0.805. The Bertz CT molecular complexity index is 943. The zero-order valence-electron chi connectivity index (χ0n) is 17.7. The molecule has 31 heavy (non-hydrogen) atoms. The normalized spacial score (nSPS) is 25.1. The lowest BCUT2D eigenvalue weighted by Crippen LogP contribution is -2.50. The fourth-order valence-corrected chi connectivity index (χ4v) is 4.41. The molecule has 0 spiro atoms. The number of rotatable bonds is 5. The van der Waals surface area contributed by atoms with E-state index in [0.717, 1.165) is 30.8 Å². The fraction of sp³-hybridized carbons (Fsp3) is 0.458. The van der Waals surface area contributed by atoms with E-state index in [1.54, 1.807) is 11.1 Å². The summed E-state index contributed by atoms with van der Waals surface area (Å²) < 4.78 is 6.06. The standard InChI is InChI=1S/C24H28N4O3/c1-16-11-22(16)23(29)27-10-8-21(15-27)31-20-6-4-19(5-7-20)26-24(30)28-13-18(14-28)17-3-2-9-25-12-17/h2-7,9,12,16,18,21-22H,8,10-11,13-15H2,1H3,(H,26,30)/t16?,21-,22?/m1/s1. The Morgan fingerprint density at radius 3 is 2.55 bits per heavy atom. The molecular weight excluding hydrogens is 392 g/mol. The van der Waals surface area contributed by atoms with Crippen LogP contribution in [0.15, 0.2) is 48.8 Å². The summed E-state index contributed by atoms with van der Waals surface area (Å²) in [6, 6.07) is 11.3. The lowest BCUT2D eigenvalue weighted by Gasteiger charge is -2.39. The van der Waals surface area contributed by atoms with Crippen molar-refractivity contribution in [3.63, 3.8) is 0 Å². The van der Waals surface area contributed by atoms with Crippen LogP contribution >= 0.6 is 0 Å². The van der Waals surface area contributed by atoms with Gasteiger partial charge in [-0.15, -0.1) is 0 Å². The van der Waals surface area contributed by atoms with Crippen molar-refractivity contribution in [2.75, 3.05) is 31.5 Å². The molecule has 1 saturated carbocycles. The Labute approximate surface area is 182 Å². The molecule has 7 heteroatoms. The first-order valence-electron chi connectivity index (χ1n) is 11.1. The molecule has 0 bridgehead atoms. The number of likely N-dealkylation sites (tertiary alicyclic amines) is 2. The highest BCUT2D eigenvalue weighted by atomic mass is 16.5. The van der Waals surface area contributed by atoms with Gasteiger partial charge in [-0.05, 0) is 48.2 Å². The van der Waals surface area contributed by atoms with Crippen LogP contribution in [0.2, 0.25) is 0 Å². The van der Waals surface area contributed by atoms with Crippen molar-refractivity contribution in [1.82, 2.24) is 14.8 Å². The SMILES string of the molecule is CC1CC1C(=O)N1CC[C@@H](Oc2ccc(NC(=O)N3CC(c4cccnc4)C3)cc2)C1. The number of hydrogen-bond donors (Lipinski definition) is 1. The van der Waals surface area contributed by atoms with Crippen molar-refractivity contribution < 1.29 is 14.3 Å². The van der Waals surface area contributed by atoms with Crippen molar-refractivity contribution in [2.45, 2.75) is 31.8 Å². The van der Waals surface area contributed by atoms with E-state index in [9.17, 15) is 9.59 Å². The predicted octanol–water partition coefficient (Wildman–Crippen LogP) is 3.35. The van der Waals surface area contributed by atoms with Gasteiger partial charge in [0.2, 0.25) is 5.91 Å². The van der Waals surface area contributed by atoms with Gasteiger partial charge < -0.3 is 19.9 Å². The summed E-state index contributed by atoms with van der Waals surface area (Å²) in [6.45, 7) is 4.98. The summed E-state index contributed by atoms with van der Waals surface area (Å²) >= 11 is 0. The Hall–Kier alpha value is -3.09. The van der Waals surface area contributed by atoms with E-state index in [2.05, 4.69) is 23.3 Å². The van der Waals surface area contributed by atoms with Gasteiger partial charge in [0.15, 0.2) is 0 Å². The summed E-state index contributed by atoms with van der Waals surface area (Å²) in [5.74, 6) is 2.17. The second-order valence-electron chi connectivity index (χ2n) is 8.98. The van der Waals surface area contributed by atoms with Crippen LogP contribution < -0.4 is 10.1 Å². The third kappa shape index (κ3) is 4.36. The van der Waals surface area contributed by atoms with E-state index >= 15 is 0 Å². The molecule has 1 aromatic carbocycles. The molecule has 3 atom stereocenters. The van der Waals surface area contributed by atoms with Crippen molar-refractivity contribution in [1.29, 1.82) is 0 Å². The van der Waals surface area contributed by atoms with Gasteiger partial charge in [-0.25, -0.2) is 4.79 Å². The van der Waals surface area contributed by atoms with Crippen LogP contribution in [0.4, 0.5) is 10.5 Å². The number of benzene rings is 1. The van der Waals surface area contributed by atoms with E-state index in [-0.39, 0.29) is 24.0 Å². The lowest BCUT2D eigenvalue weighted by atomic mass is 9.93. The molecule has 0 radical (unpaired) electrons. The molecule has 3 fully saturated rings. The number of urea groups is 1. The molecule has 3 aliphatic rings. The minimum atomic E-state index is -0.0898. The molecule has 2 unspecified atom stereocenters. The van der Waals surface area contributed by atoms with Crippen molar-refractivity contribution in [3.05, 3.63) is 54.4 Å². The Morgan fingerprint density at radius 1 is 1.10 bits per heavy atom. The summed E-state index contributed by atoms with van der Waals surface area (Å²) in [5.41, 5.74) is 1.92. The second kappa shape index (κ2) is 8.21. The van der Waals surface area contributed by atoms with Crippen molar-refractivity contribution in [3.8, 4) is 5.75 Å². The first-order chi connectivity index (χ1) is 15.1. The molecule has 2 saturated heterocycles. The Morgan fingerprint density at radius 2 is 1.87 bits per heavy atom. The molecule has 3 amide bonds. The minimum absolute atomic E-state index is 0.0314. The van der Waals surface area contributed by atoms with Gasteiger partial charge >= 0.3 is 6.03 Å². The highest BCUT2D eigenvalue weighted by Crippen LogP contribution is 2.40. The zero-order chi connectivity index (χ0) is 21.4. The van der Waals surface area contributed by atoms with Gasteiger partial charge in [0.1, 0.15) is 11.9 Å². The van der Waals surface area contributed by atoms with Crippen LogP contribution in [0.1, 0.15) is 31.2 Å². The van der Waals surface area contributed by atoms with E-state index in [1.165, 1.54) is 5.56 Å². The highest BCUT2D eigenvalue weighted by Gasteiger charge is 2.43. The van der Waals surface area contributed by atoms with Crippen LogP contribution in [0, 0.1) is 11.8 Å². The van der Waals surface area contributed by atoms with Crippen molar-refractivity contribution >= 4 is 17.6 Å². The molecule has 162 valence electrons. The van der Waals surface area contributed by atoms with Crippen LogP contribution in [0.25, 0.3) is 0 Å². The van der Waals surface area contributed by atoms with E-state index in [1.807, 2.05) is 41.4 Å². The smallest absolute Gasteiger partial charge is 0.321 e. The van der Waals surface area contributed by atoms with Crippen LogP contribution in [0.5, 0.6) is 5.75 Å². The molecular formula is C24H28N4O3. The fourth-order valence-electron chi connectivity index (χ4n) is 4.41. The van der Waals surface area contributed by atoms with Crippen molar-refractivity contribution in [2.24, 2.45) is 11.8 Å². The maximum Gasteiger partial charge on any atom is 0.321 e. The van der Waals surface area contributed by atoms with Crippen LogP contribution in [0.3, 0.4) is 0 Å². The van der Waals surface area contributed by atoms with Gasteiger partial charge in [-0.3, -0.25) is 9.78 Å². The molecule has 2 aliphatic heterocycles. The van der Waals surface area contributed by atoms with E-state index in [0.29, 0.717) is 31.5 Å². The van der Waals surface area contributed by atoms with Gasteiger partial charge in [0.25, 0.3) is 0 Å². The Kier molecular flexibility index (Phi) is 5.26. The second-order valence-corrected chi connectivity index (χ2v) is 8.98. The largest absolute Gasteiger partial charge is 0.489 e. The maximum atomic E-state index is 12.4. The number of ether oxygens (including phenoxy) is 1. The number of aromatic nitrogens is 1. The Balaban J connectivity index is 1.08. The number of nitrogens with zero attached hydrogens (tertiary/aromatic N) is 3. The van der Waals surface area contributed by atoms with Gasteiger partial charge in [0.05, 0.1) is 6.54 Å². The van der Waals surface area contributed by atoms with E-state index < -0.39 is 0 Å². The monoisotopic (exact) mass is 420 g/mol. The zero-order valence-corrected chi connectivity index (χ0v) is 17.7. The third-order valence-corrected chi connectivity index (χ3v) is 6.62. The topological polar surface area (TPSA) is 74.8 Å². The number of pyridine rings is 1. The van der Waals surface area contributed by atoms with Gasteiger partial charge in [0, 0.05) is 56.0 Å². The molecule has 3 heterocycles. The van der Waals surface area contributed by atoms with Crippen LogP contribution in [-0.4, -0.2) is 59.0 Å². The maximum absolute atomic E-state index is 12.4. The average molecular weight is 421 g/mol. The highest BCUT2D eigenvalue weighted by molar-refractivity contribution is 5.90. The molecule has 1 N–H and O–H groups in total. The number of amides is 3. The summed E-state index contributed by atoms with van der Waals surface area (Å²) in [6.07, 6.45) is 5.54. The van der Waals surface area contributed by atoms with Gasteiger partial charge in [-0.1, -0.05) is 13.0 Å². The number of carbonyl (C=O) groups is 2. The third-order valence-electron chi connectivity index (χ3n) is 6.62. The van der Waals surface area contributed by atoms with E-state index in [4.69, 9.17) is 4.74 Å².